The minimum absolute atomic E-state index is 0.109. The maximum atomic E-state index is 14.5. The van der Waals surface area contributed by atoms with Crippen molar-refractivity contribution in [1.29, 1.82) is 0 Å². The Hall–Kier alpha value is -3.24. The van der Waals surface area contributed by atoms with Gasteiger partial charge in [0.1, 0.15) is 0 Å². The Morgan fingerprint density at radius 1 is 0.846 bits per heavy atom. The van der Waals surface area contributed by atoms with Crippen molar-refractivity contribution >= 4 is 21.6 Å². The first-order valence-corrected chi connectivity index (χ1v) is 14.2. The van der Waals surface area contributed by atoms with Gasteiger partial charge in [-0.15, -0.1) is 0 Å². The number of amides is 1. The van der Waals surface area contributed by atoms with E-state index in [1.54, 1.807) is 30.3 Å². The van der Waals surface area contributed by atoms with Gasteiger partial charge in [0.05, 0.1) is 13.1 Å². The number of anilines is 1. The predicted molar refractivity (Wildman–Crippen MR) is 141 cm³/mol. The third-order valence-corrected chi connectivity index (χ3v) is 9.06. The van der Waals surface area contributed by atoms with Gasteiger partial charge in [-0.3, -0.25) is 4.79 Å². The summed E-state index contributed by atoms with van der Waals surface area (Å²) in [4.78, 5) is 13.0. The van der Waals surface area contributed by atoms with Crippen LogP contribution in [0.1, 0.15) is 54.7 Å². The molecule has 0 aliphatic heterocycles. The van der Waals surface area contributed by atoms with Crippen LogP contribution in [0.15, 0.2) is 59.5 Å². The molecule has 39 heavy (non-hydrogen) atoms. The number of para-hydroxylation sites is 1. The molecule has 5 nitrogen and oxygen atoms in total. The molecule has 3 aromatic rings. The highest BCUT2D eigenvalue weighted by atomic mass is 32.2. The van der Waals surface area contributed by atoms with Crippen LogP contribution in [0.2, 0.25) is 0 Å². The second kappa shape index (κ2) is 11.9. The average Bonchev–Trinajstić information content (AvgIpc) is 2.95. The van der Waals surface area contributed by atoms with Crippen molar-refractivity contribution in [2.45, 2.75) is 56.4 Å². The first-order valence-electron chi connectivity index (χ1n) is 12.8. The number of carbonyl (C=O) groups excluding carboxylic acids is 1. The van der Waals surface area contributed by atoms with E-state index in [2.05, 4.69) is 0 Å². The number of hydrogen-bond donors (Lipinski definition) is 0. The van der Waals surface area contributed by atoms with Gasteiger partial charge in [-0.25, -0.2) is 26.0 Å². The third-order valence-electron chi connectivity index (χ3n) is 7.23. The third kappa shape index (κ3) is 6.01. The number of benzene rings is 3. The fourth-order valence-electron chi connectivity index (χ4n) is 4.91. The number of carbonyl (C=O) groups is 1. The van der Waals surface area contributed by atoms with Crippen molar-refractivity contribution in [2.75, 3.05) is 18.5 Å². The molecule has 4 rings (SSSR count). The van der Waals surface area contributed by atoms with Gasteiger partial charge in [0, 0.05) is 18.3 Å². The maximum Gasteiger partial charge on any atom is 0.249 e. The van der Waals surface area contributed by atoms with E-state index in [0.29, 0.717) is 15.9 Å². The van der Waals surface area contributed by atoms with Crippen LogP contribution in [0.4, 0.5) is 23.2 Å². The SMILES string of the molecule is Cc1c(F)c(F)c(S(=O)(=O)N(C)CC(=O)N(Cc2ccc(C3CCCCC3)cc2)c2ccccc2)c(F)c1F. The van der Waals surface area contributed by atoms with Gasteiger partial charge in [-0.1, -0.05) is 61.7 Å². The molecule has 0 N–H and O–H groups in total. The minimum atomic E-state index is -5.11. The predicted octanol–water partition coefficient (Wildman–Crippen LogP) is 6.45. The van der Waals surface area contributed by atoms with Crippen molar-refractivity contribution in [2.24, 2.45) is 0 Å². The van der Waals surface area contributed by atoms with Crippen LogP contribution in [-0.2, 0) is 21.4 Å². The summed E-state index contributed by atoms with van der Waals surface area (Å²) in [6.45, 7) is 0.0749. The summed E-state index contributed by atoms with van der Waals surface area (Å²) in [7, 11) is -4.19. The Bertz CT molecular complexity index is 1410. The van der Waals surface area contributed by atoms with Crippen molar-refractivity contribution < 1.29 is 30.8 Å². The van der Waals surface area contributed by atoms with Gasteiger partial charge in [0.2, 0.25) is 15.9 Å². The van der Waals surface area contributed by atoms with Gasteiger partial charge in [-0.2, -0.15) is 4.31 Å². The smallest absolute Gasteiger partial charge is 0.249 e. The Kier molecular flexibility index (Phi) is 8.76. The van der Waals surface area contributed by atoms with Crippen LogP contribution >= 0.6 is 0 Å². The quantitative estimate of drug-likeness (QED) is 0.234. The molecule has 0 atom stereocenters. The van der Waals surface area contributed by atoms with E-state index in [-0.39, 0.29) is 6.54 Å². The Balaban J connectivity index is 1.58. The van der Waals surface area contributed by atoms with Crippen LogP contribution in [0.25, 0.3) is 0 Å². The number of nitrogens with zero attached hydrogens (tertiary/aromatic N) is 2. The number of rotatable bonds is 8. The molecular formula is C29H30F4N2O3S. The summed E-state index contributed by atoms with van der Waals surface area (Å²) in [5, 5.41) is 0. The molecule has 1 aliphatic carbocycles. The van der Waals surface area contributed by atoms with Crippen LogP contribution in [-0.4, -0.2) is 32.2 Å². The number of likely N-dealkylation sites (N-methyl/N-ethyl adjacent to an activating group) is 1. The van der Waals surface area contributed by atoms with Gasteiger partial charge in [0.15, 0.2) is 28.2 Å². The largest absolute Gasteiger partial charge is 0.307 e. The lowest BCUT2D eigenvalue weighted by Crippen LogP contribution is -2.41. The zero-order valence-electron chi connectivity index (χ0n) is 21.8. The fourth-order valence-corrected chi connectivity index (χ4v) is 6.13. The molecule has 3 aromatic carbocycles. The van der Waals surface area contributed by atoms with Crippen molar-refractivity contribution in [3.05, 3.63) is 94.6 Å². The topological polar surface area (TPSA) is 57.7 Å². The highest BCUT2D eigenvalue weighted by Gasteiger charge is 2.36. The molecule has 208 valence electrons. The summed E-state index contributed by atoms with van der Waals surface area (Å²) >= 11 is 0. The summed E-state index contributed by atoms with van der Waals surface area (Å²) in [6.07, 6.45) is 5.94. The van der Waals surface area contributed by atoms with Crippen LogP contribution in [0.3, 0.4) is 0 Å². The Morgan fingerprint density at radius 2 is 1.41 bits per heavy atom. The van der Waals surface area contributed by atoms with Gasteiger partial charge < -0.3 is 4.90 Å². The highest BCUT2D eigenvalue weighted by molar-refractivity contribution is 7.89. The highest BCUT2D eigenvalue weighted by Crippen LogP contribution is 2.33. The summed E-state index contributed by atoms with van der Waals surface area (Å²) in [5.74, 6) is -7.88. The fraction of sp³-hybridized carbons (Fsp3) is 0.345. The van der Waals surface area contributed by atoms with Crippen molar-refractivity contribution in [3.8, 4) is 0 Å². The van der Waals surface area contributed by atoms with Crippen LogP contribution < -0.4 is 4.90 Å². The second-order valence-electron chi connectivity index (χ2n) is 9.86. The maximum absolute atomic E-state index is 14.5. The summed E-state index contributed by atoms with van der Waals surface area (Å²) in [6, 6.07) is 16.5. The Labute approximate surface area is 226 Å². The van der Waals surface area contributed by atoms with Gasteiger partial charge >= 0.3 is 0 Å². The molecular weight excluding hydrogens is 532 g/mol. The first kappa shape index (κ1) is 28.8. The zero-order valence-corrected chi connectivity index (χ0v) is 22.6. The lowest BCUT2D eigenvalue weighted by atomic mass is 9.84. The molecule has 0 bridgehead atoms. The molecule has 0 aromatic heterocycles. The van der Waals surface area contributed by atoms with Crippen LogP contribution in [0.5, 0.6) is 0 Å². The van der Waals surface area contributed by atoms with Gasteiger partial charge in [-0.05, 0) is 48.9 Å². The van der Waals surface area contributed by atoms with E-state index in [9.17, 15) is 30.8 Å². The monoisotopic (exact) mass is 562 g/mol. The van der Waals surface area contributed by atoms with E-state index in [1.807, 2.05) is 24.3 Å². The van der Waals surface area contributed by atoms with E-state index >= 15 is 0 Å². The molecule has 1 amide bonds. The lowest BCUT2D eigenvalue weighted by Gasteiger charge is -2.26. The molecule has 10 heteroatoms. The number of halogens is 4. The minimum Gasteiger partial charge on any atom is -0.307 e. The second-order valence-corrected chi connectivity index (χ2v) is 11.8. The summed E-state index contributed by atoms with van der Waals surface area (Å²) in [5.41, 5.74) is 1.54. The molecule has 0 spiro atoms. The normalized spacial score (nSPS) is 14.5. The molecule has 1 saturated carbocycles. The zero-order chi connectivity index (χ0) is 28.3. The van der Waals surface area contributed by atoms with E-state index in [4.69, 9.17) is 0 Å². The van der Waals surface area contributed by atoms with E-state index in [0.717, 1.165) is 32.4 Å². The molecule has 1 aliphatic rings. The summed E-state index contributed by atoms with van der Waals surface area (Å²) < 4.78 is 83.5. The Morgan fingerprint density at radius 3 is 1.97 bits per heavy atom. The standard InChI is InChI=1S/C29H30F4N2O3S/c1-19-25(30)27(32)29(28(33)26(19)31)39(37,38)34(2)18-24(36)35(23-11-7-4-8-12-23)17-20-13-15-22(16-14-20)21-9-5-3-6-10-21/h4,7-8,11-16,21H,3,5-6,9-10,17-18H2,1-2H3. The molecule has 0 unspecified atom stereocenters. The van der Waals surface area contributed by atoms with Crippen LogP contribution in [0, 0.1) is 30.2 Å². The molecule has 0 heterocycles. The van der Waals surface area contributed by atoms with Crippen molar-refractivity contribution in [3.63, 3.8) is 0 Å². The first-order chi connectivity index (χ1) is 18.5. The molecule has 0 radical (unpaired) electrons. The molecule has 0 saturated heterocycles. The number of hydrogen-bond acceptors (Lipinski definition) is 3. The van der Waals surface area contributed by atoms with E-state index in [1.165, 1.54) is 29.7 Å². The lowest BCUT2D eigenvalue weighted by molar-refractivity contribution is -0.118. The molecule has 1 fully saturated rings. The van der Waals surface area contributed by atoms with E-state index < -0.39 is 56.2 Å². The average molecular weight is 563 g/mol. The van der Waals surface area contributed by atoms with Gasteiger partial charge in [0.25, 0.3) is 0 Å². The number of sulfonamides is 1. The van der Waals surface area contributed by atoms with Crippen molar-refractivity contribution in [1.82, 2.24) is 4.31 Å².